The molecule has 2 aromatic rings. The molecule has 9 nitrogen and oxygen atoms in total. The van der Waals surface area contributed by atoms with Gasteiger partial charge in [0, 0.05) is 42.7 Å². The first kappa shape index (κ1) is 31.3. The van der Waals surface area contributed by atoms with E-state index in [0.717, 1.165) is 30.9 Å². The van der Waals surface area contributed by atoms with E-state index in [1.807, 2.05) is 13.0 Å². The molecule has 0 bridgehead atoms. The van der Waals surface area contributed by atoms with Crippen molar-refractivity contribution in [3.8, 4) is 11.5 Å². The Bertz CT molecular complexity index is 1730. The maximum atomic E-state index is 14.6. The van der Waals surface area contributed by atoms with Crippen LogP contribution in [-0.2, 0) is 19.7 Å². The minimum atomic E-state index is -1.64. The van der Waals surface area contributed by atoms with Gasteiger partial charge in [-0.25, -0.2) is 0 Å². The van der Waals surface area contributed by atoms with Crippen molar-refractivity contribution in [2.75, 3.05) is 13.7 Å². The van der Waals surface area contributed by atoms with Gasteiger partial charge in [-0.2, -0.15) is 0 Å². The molecule has 3 unspecified atom stereocenters. The molecule has 8 atom stereocenters. The van der Waals surface area contributed by atoms with Crippen LogP contribution in [0.25, 0.3) is 11.0 Å². The predicted molar refractivity (Wildman–Crippen MR) is 166 cm³/mol. The van der Waals surface area contributed by atoms with Crippen molar-refractivity contribution < 1.29 is 39.2 Å². The zero-order valence-electron chi connectivity index (χ0n) is 26.3. The van der Waals surface area contributed by atoms with Gasteiger partial charge in [0.2, 0.25) is 5.78 Å². The Labute approximate surface area is 261 Å². The van der Waals surface area contributed by atoms with Crippen LogP contribution in [0.5, 0.6) is 11.5 Å². The average molecular weight is 619 g/mol. The number of rotatable bonds is 5. The molecule has 0 amide bonds. The summed E-state index contributed by atoms with van der Waals surface area (Å²) >= 11 is 0. The summed E-state index contributed by atoms with van der Waals surface area (Å²) in [6.45, 7) is 10.5. The van der Waals surface area contributed by atoms with E-state index >= 15 is 0 Å². The zero-order chi connectivity index (χ0) is 32.6. The van der Waals surface area contributed by atoms with Crippen LogP contribution >= 0.6 is 0 Å². The van der Waals surface area contributed by atoms with Gasteiger partial charge < -0.3 is 29.6 Å². The number of aliphatic hydroxyl groups excluding tert-OH is 2. The Hall–Kier alpha value is -3.69. The lowest BCUT2D eigenvalue weighted by atomic mass is 9.44. The number of allylic oxidation sites excluding steroid dienone is 4. The largest absolute Gasteiger partial charge is 0.508 e. The quantitative estimate of drug-likeness (QED) is 0.345. The van der Waals surface area contributed by atoms with Crippen LogP contribution in [0, 0.1) is 34.5 Å². The molecular weight excluding hydrogens is 576 g/mol. The fourth-order valence-electron chi connectivity index (χ4n) is 9.69. The van der Waals surface area contributed by atoms with Crippen LogP contribution < -0.4 is 5.43 Å². The van der Waals surface area contributed by atoms with Crippen LogP contribution in [-0.4, -0.2) is 51.8 Å². The summed E-state index contributed by atoms with van der Waals surface area (Å²) in [6, 6.07) is 3.44. The smallest absolute Gasteiger partial charge is 0.202 e. The molecule has 240 valence electrons. The normalized spacial score (nSPS) is 36.7. The first-order valence-corrected chi connectivity index (χ1v) is 15.7. The van der Waals surface area contributed by atoms with E-state index in [1.54, 1.807) is 0 Å². The van der Waals surface area contributed by atoms with E-state index in [9.17, 15) is 34.8 Å². The summed E-state index contributed by atoms with van der Waals surface area (Å²) in [6.07, 6.45) is 5.94. The molecule has 2 saturated carbocycles. The van der Waals surface area contributed by atoms with Gasteiger partial charge in [-0.3, -0.25) is 14.4 Å². The molecule has 1 aromatic carbocycles. The maximum absolute atomic E-state index is 14.6. The van der Waals surface area contributed by atoms with E-state index in [4.69, 9.17) is 9.15 Å². The molecule has 4 aliphatic carbocycles. The van der Waals surface area contributed by atoms with Crippen molar-refractivity contribution >= 4 is 22.5 Å². The fraction of sp³-hybridized carbons (Fsp3) is 0.528. The average Bonchev–Trinajstić information content (AvgIpc) is 2.98. The van der Waals surface area contributed by atoms with Crippen molar-refractivity contribution in [2.24, 2.45) is 34.5 Å². The topological polar surface area (TPSA) is 154 Å². The monoisotopic (exact) mass is 618 g/mol. The summed E-state index contributed by atoms with van der Waals surface area (Å²) in [5.74, 6) is -3.59. The number of Topliss-reactive ketones (excluding diaryl/α,β-unsaturated/α-hetero) is 1. The van der Waals surface area contributed by atoms with Crippen LogP contribution in [0.15, 0.2) is 63.0 Å². The molecule has 4 aliphatic rings. The Morgan fingerprint density at radius 3 is 2.51 bits per heavy atom. The Kier molecular flexibility index (Phi) is 7.44. The van der Waals surface area contributed by atoms with Gasteiger partial charge in [-0.15, -0.1) is 0 Å². The molecule has 2 fully saturated rings. The highest BCUT2D eigenvalue weighted by Gasteiger charge is 2.63. The predicted octanol–water partition coefficient (Wildman–Crippen LogP) is 4.84. The number of fused-ring (bicyclic) bond motifs is 3. The molecule has 4 N–H and O–H groups in total. The summed E-state index contributed by atoms with van der Waals surface area (Å²) in [5, 5.41) is 42.4. The van der Waals surface area contributed by atoms with Crippen molar-refractivity contribution in [3.63, 3.8) is 0 Å². The Balaban J connectivity index is 1.59. The van der Waals surface area contributed by atoms with Crippen LogP contribution in [0.3, 0.4) is 0 Å². The van der Waals surface area contributed by atoms with E-state index in [0.29, 0.717) is 18.4 Å². The lowest BCUT2D eigenvalue weighted by Gasteiger charge is -2.60. The number of hydrogen-bond acceptors (Lipinski definition) is 9. The van der Waals surface area contributed by atoms with E-state index in [2.05, 4.69) is 20.4 Å². The highest BCUT2D eigenvalue weighted by Crippen LogP contribution is 2.64. The minimum Gasteiger partial charge on any atom is -0.508 e. The highest BCUT2D eigenvalue weighted by atomic mass is 16.5. The molecule has 1 heterocycles. The van der Waals surface area contributed by atoms with Gasteiger partial charge >= 0.3 is 0 Å². The van der Waals surface area contributed by atoms with Crippen LogP contribution in [0.4, 0.5) is 0 Å². The van der Waals surface area contributed by atoms with Gasteiger partial charge in [-0.05, 0) is 67.3 Å². The van der Waals surface area contributed by atoms with E-state index < -0.39 is 45.7 Å². The molecule has 1 aromatic heterocycles. The van der Waals surface area contributed by atoms with Gasteiger partial charge in [0.15, 0.2) is 17.0 Å². The third kappa shape index (κ3) is 4.37. The van der Waals surface area contributed by atoms with Crippen LogP contribution in [0.1, 0.15) is 65.1 Å². The highest BCUT2D eigenvalue weighted by molar-refractivity contribution is 6.14. The van der Waals surface area contributed by atoms with E-state index in [1.165, 1.54) is 25.3 Å². The van der Waals surface area contributed by atoms with E-state index in [-0.39, 0.29) is 64.3 Å². The van der Waals surface area contributed by atoms with Gasteiger partial charge in [-0.1, -0.05) is 38.5 Å². The summed E-state index contributed by atoms with van der Waals surface area (Å²) in [7, 11) is 1.34. The third-order valence-electron chi connectivity index (χ3n) is 12.0. The second kappa shape index (κ2) is 10.7. The number of carbonyl (C=O) groups excluding carboxylic acids is 2. The number of ether oxygens (including phenoxy) is 1. The molecular formula is C36H42O9. The number of phenolic OH excluding ortho intramolecular Hbond substituents is 2. The summed E-state index contributed by atoms with van der Waals surface area (Å²) in [4.78, 5) is 42.1. The lowest BCUT2D eigenvalue weighted by Crippen LogP contribution is -2.59. The van der Waals surface area contributed by atoms with Gasteiger partial charge in [0.25, 0.3) is 0 Å². The molecule has 0 spiro atoms. The van der Waals surface area contributed by atoms with Crippen molar-refractivity contribution in [1.82, 2.24) is 0 Å². The molecule has 0 saturated heterocycles. The fourth-order valence-corrected chi connectivity index (χ4v) is 9.69. The lowest BCUT2D eigenvalue weighted by molar-refractivity contribution is -0.140. The number of ketones is 2. The third-order valence-corrected chi connectivity index (χ3v) is 12.0. The number of benzene rings is 1. The number of carbonyl (C=O) groups is 2. The molecule has 45 heavy (non-hydrogen) atoms. The Morgan fingerprint density at radius 2 is 1.82 bits per heavy atom. The van der Waals surface area contributed by atoms with Gasteiger partial charge in [0.1, 0.15) is 33.6 Å². The minimum absolute atomic E-state index is 0.00689. The Morgan fingerprint density at radius 1 is 1.09 bits per heavy atom. The number of phenols is 2. The number of aromatic hydroxyl groups is 2. The standard InChI is InChI=1S/C36H42O9/c1-18-7-8-21-33(43)28(44-5)16-30(42)36(21,31-15-26(41)32-25(40)11-20(38)12-27(32)45-31)22(18)13-23-19(2)24(39)14-29-34(3,17-37)9-6-10-35(23,29)4/h7,11-12,15-16,21-24,29,37-40H,2,6,8-10,13-14,17H2,1,3-5H3/t21?,22?,23-,24-,29-,34-,35+,36?/m1/s1. The van der Waals surface area contributed by atoms with Crippen molar-refractivity contribution in [2.45, 2.75) is 70.8 Å². The van der Waals surface area contributed by atoms with Crippen molar-refractivity contribution in [1.29, 1.82) is 0 Å². The summed E-state index contributed by atoms with van der Waals surface area (Å²) in [5.41, 5.74) is -1.61. The maximum Gasteiger partial charge on any atom is 0.202 e. The van der Waals surface area contributed by atoms with Crippen LogP contribution in [0.2, 0.25) is 0 Å². The zero-order valence-corrected chi connectivity index (χ0v) is 26.3. The SMILES string of the molecule is C=C1[C@H](O)C[C@@H]2[C@@](C)(CO)CCC[C@@]2(C)[C@@H]1CC1C(C)=CCC2C(=O)C(OC)=CC(=O)C21c1cc(=O)c2c(O)cc(O)cc2o1. The molecule has 9 heteroatoms. The molecule has 6 rings (SSSR count). The number of methoxy groups -OCH3 is 1. The second-order valence-corrected chi connectivity index (χ2v) is 14.3. The number of aliphatic hydroxyl groups is 2. The summed E-state index contributed by atoms with van der Waals surface area (Å²) < 4.78 is 11.6. The van der Waals surface area contributed by atoms with Crippen molar-refractivity contribution in [3.05, 3.63) is 69.8 Å². The second-order valence-electron chi connectivity index (χ2n) is 14.3. The number of hydrogen-bond donors (Lipinski definition) is 4. The van der Waals surface area contributed by atoms with Gasteiger partial charge in [0.05, 0.1) is 13.2 Å². The first-order valence-electron chi connectivity index (χ1n) is 15.7. The first-order chi connectivity index (χ1) is 21.2. The molecule has 0 radical (unpaired) electrons. The molecule has 0 aliphatic heterocycles.